The van der Waals surface area contributed by atoms with E-state index in [9.17, 15) is 13.2 Å². The fraction of sp³-hybridized carbons (Fsp3) is 0.533. The molecule has 1 heterocycles. The average Bonchev–Trinajstić information content (AvgIpc) is 2.84. The summed E-state index contributed by atoms with van der Waals surface area (Å²) in [6, 6.07) is 4.71. The van der Waals surface area contributed by atoms with Crippen molar-refractivity contribution >= 4 is 27.5 Å². The van der Waals surface area contributed by atoms with Gasteiger partial charge >= 0.3 is 0 Å². The lowest BCUT2D eigenvalue weighted by atomic mass is 10.0. The maximum Gasteiger partial charge on any atom is 0.251 e. The predicted octanol–water partition coefficient (Wildman–Crippen LogP) is 1.28. The summed E-state index contributed by atoms with van der Waals surface area (Å²) in [5.41, 5.74) is 1.29. The van der Waals surface area contributed by atoms with E-state index < -0.39 is 10.0 Å². The number of rotatable bonds is 5. The highest BCUT2D eigenvalue weighted by molar-refractivity contribution is 7.89. The molecule has 1 aliphatic heterocycles. The Morgan fingerprint density at radius 1 is 1.39 bits per heavy atom. The van der Waals surface area contributed by atoms with Gasteiger partial charge in [-0.2, -0.15) is 0 Å². The predicted molar refractivity (Wildman–Crippen MR) is 89.2 cm³/mol. The Morgan fingerprint density at radius 3 is 2.70 bits per heavy atom. The fourth-order valence-corrected chi connectivity index (χ4v) is 3.86. The molecule has 8 heteroatoms. The normalized spacial score (nSPS) is 21.6. The molecule has 0 spiro atoms. The van der Waals surface area contributed by atoms with Crippen molar-refractivity contribution in [1.82, 2.24) is 9.62 Å². The number of benzene rings is 1. The van der Waals surface area contributed by atoms with Crippen molar-refractivity contribution in [3.63, 3.8) is 0 Å². The third-order valence-corrected chi connectivity index (χ3v) is 6.13. The van der Waals surface area contributed by atoms with E-state index in [0.29, 0.717) is 23.8 Å². The minimum atomic E-state index is -3.34. The van der Waals surface area contributed by atoms with Gasteiger partial charge in [0.2, 0.25) is 10.0 Å². The molecule has 128 valence electrons. The fourth-order valence-electron chi connectivity index (χ4n) is 2.47. The molecular weight excluding hydrogens is 340 g/mol. The summed E-state index contributed by atoms with van der Waals surface area (Å²) < 4.78 is 30.6. The van der Waals surface area contributed by atoms with Crippen LogP contribution in [0, 0.1) is 12.8 Å². The Hall–Kier alpha value is -1.15. The second-order valence-corrected chi connectivity index (χ2v) is 8.56. The van der Waals surface area contributed by atoms with Gasteiger partial charge in [-0.25, -0.2) is 12.7 Å². The second kappa shape index (κ2) is 7.17. The topological polar surface area (TPSA) is 75.7 Å². The van der Waals surface area contributed by atoms with E-state index in [2.05, 4.69) is 5.32 Å². The minimum absolute atomic E-state index is 0.0510. The molecule has 0 unspecified atom stereocenters. The smallest absolute Gasteiger partial charge is 0.251 e. The Labute approximate surface area is 141 Å². The highest BCUT2D eigenvalue weighted by Crippen LogP contribution is 2.19. The molecule has 1 N–H and O–H groups in total. The molecule has 1 amide bonds. The average molecular weight is 361 g/mol. The maximum atomic E-state index is 12.4. The van der Waals surface area contributed by atoms with Crippen LogP contribution in [0.2, 0.25) is 5.02 Å². The van der Waals surface area contributed by atoms with Crippen LogP contribution in [0.1, 0.15) is 15.9 Å². The molecule has 1 fully saturated rings. The summed E-state index contributed by atoms with van der Waals surface area (Å²) in [5.74, 6) is -0.564. The molecule has 1 aromatic rings. The van der Waals surface area contributed by atoms with Gasteiger partial charge in [0.25, 0.3) is 5.91 Å². The molecule has 0 bridgehead atoms. The van der Waals surface area contributed by atoms with Crippen molar-refractivity contribution in [1.29, 1.82) is 0 Å². The summed E-state index contributed by atoms with van der Waals surface area (Å²) in [4.78, 5) is 12.4. The van der Waals surface area contributed by atoms with Crippen molar-refractivity contribution < 1.29 is 17.9 Å². The minimum Gasteiger partial charge on any atom is -0.379 e. The quantitative estimate of drug-likeness (QED) is 0.858. The van der Waals surface area contributed by atoms with Crippen LogP contribution in [0.5, 0.6) is 0 Å². The molecule has 2 rings (SSSR count). The first kappa shape index (κ1) is 18.2. The molecule has 0 aliphatic carbocycles. The summed E-state index contributed by atoms with van der Waals surface area (Å²) >= 11 is 5.89. The number of carbonyl (C=O) groups is 1. The molecular formula is C15H21ClN2O4S. The Kier molecular flexibility index (Phi) is 5.67. The van der Waals surface area contributed by atoms with E-state index in [-0.39, 0.29) is 23.6 Å². The third-order valence-electron chi connectivity index (χ3n) is 3.93. The zero-order valence-electron chi connectivity index (χ0n) is 13.4. The Balaban J connectivity index is 2.08. The lowest BCUT2D eigenvalue weighted by molar-refractivity contribution is 0.0925. The number of aryl methyl sites for hydroxylation is 1. The first-order valence-electron chi connectivity index (χ1n) is 7.25. The number of halogens is 1. The van der Waals surface area contributed by atoms with Gasteiger partial charge in [0.05, 0.1) is 25.0 Å². The van der Waals surface area contributed by atoms with E-state index >= 15 is 0 Å². The molecule has 1 saturated heterocycles. The summed E-state index contributed by atoms with van der Waals surface area (Å²) in [6.45, 7) is 2.43. The zero-order valence-corrected chi connectivity index (χ0v) is 14.9. The number of hydrogen-bond acceptors (Lipinski definition) is 4. The molecule has 0 radical (unpaired) electrons. The highest BCUT2D eigenvalue weighted by Gasteiger charge is 2.34. The number of nitrogens with one attached hydrogen (secondary N) is 1. The van der Waals surface area contributed by atoms with E-state index in [1.165, 1.54) is 18.4 Å². The van der Waals surface area contributed by atoms with Crippen LogP contribution in [-0.4, -0.2) is 57.7 Å². The standard InChI is InChI=1S/C15H21ClN2O4S/c1-10-6-12(16)4-5-13(10)15(19)17-14-8-22-7-11(14)9-23(20,21)18(2)3/h4-6,11,14H,7-9H2,1-3H3,(H,17,19)/t11-,14+/m0/s1. The molecule has 0 aromatic heterocycles. The second-order valence-electron chi connectivity index (χ2n) is 5.90. The van der Waals surface area contributed by atoms with Crippen LogP contribution in [-0.2, 0) is 14.8 Å². The number of hydrogen-bond donors (Lipinski definition) is 1. The number of sulfonamides is 1. The molecule has 1 aromatic carbocycles. The molecule has 0 saturated carbocycles. The Bertz CT molecular complexity index is 691. The van der Waals surface area contributed by atoms with Gasteiger partial charge in [0.1, 0.15) is 0 Å². The summed E-state index contributed by atoms with van der Waals surface area (Å²) in [5, 5.41) is 3.44. The number of carbonyl (C=O) groups excluding carboxylic acids is 1. The van der Waals surface area contributed by atoms with Crippen LogP contribution in [0.4, 0.5) is 0 Å². The van der Waals surface area contributed by atoms with Gasteiger partial charge in [-0.05, 0) is 30.7 Å². The van der Waals surface area contributed by atoms with Crippen LogP contribution in [0.3, 0.4) is 0 Å². The van der Waals surface area contributed by atoms with Gasteiger partial charge in [-0.15, -0.1) is 0 Å². The van der Waals surface area contributed by atoms with Crippen LogP contribution < -0.4 is 5.32 Å². The third kappa shape index (κ3) is 4.44. The van der Waals surface area contributed by atoms with Crippen LogP contribution in [0.15, 0.2) is 18.2 Å². The van der Waals surface area contributed by atoms with E-state index in [1.807, 2.05) is 0 Å². The van der Waals surface area contributed by atoms with E-state index in [0.717, 1.165) is 5.56 Å². The molecule has 6 nitrogen and oxygen atoms in total. The van der Waals surface area contributed by atoms with Crippen molar-refractivity contribution in [2.24, 2.45) is 5.92 Å². The van der Waals surface area contributed by atoms with Gasteiger partial charge in [0.15, 0.2) is 0 Å². The first-order chi connectivity index (χ1) is 10.7. The highest BCUT2D eigenvalue weighted by atomic mass is 35.5. The van der Waals surface area contributed by atoms with E-state index in [1.54, 1.807) is 25.1 Å². The maximum absolute atomic E-state index is 12.4. The van der Waals surface area contributed by atoms with Crippen molar-refractivity contribution in [3.8, 4) is 0 Å². The number of ether oxygens (including phenoxy) is 1. The van der Waals surface area contributed by atoms with Crippen LogP contribution >= 0.6 is 11.6 Å². The van der Waals surface area contributed by atoms with Gasteiger partial charge < -0.3 is 10.1 Å². The van der Waals surface area contributed by atoms with Gasteiger partial charge in [0, 0.05) is 30.6 Å². The lowest BCUT2D eigenvalue weighted by Gasteiger charge is -2.21. The van der Waals surface area contributed by atoms with Crippen molar-refractivity contribution in [3.05, 3.63) is 34.3 Å². The lowest BCUT2D eigenvalue weighted by Crippen LogP contribution is -2.43. The molecule has 1 aliphatic rings. The zero-order chi connectivity index (χ0) is 17.2. The summed E-state index contributed by atoms with van der Waals surface area (Å²) in [6.07, 6.45) is 0. The monoisotopic (exact) mass is 360 g/mol. The van der Waals surface area contributed by atoms with Gasteiger partial charge in [-0.1, -0.05) is 11.6 Å². The number of nitrogens with zero attached hydrogens (tertiary/aromatic N) is 1. The van der Waals surface area contributed by atoms with E-state index in [4.69, 9.17) is 16.3 Å². The molecule has 23 heavy (non-hydrogen) atoms. The largest absolute Gasteiger partial charge is 0.379 e. The molecule has 2 atom stereocenters. The summed E-state index contributed by atoms with van der Waals surface area (Å²) in [7, 11) is -0.352. The number of amides is 1. The van der Waals surface area contributed by atoms with Gasteiger partial charge in [-0.3, -0.25) is 4.79 Å². The van der Waals surface area contributed by atoms with Crippen LogP contribution in [0.25, 0.3) is 0 Å². The van der Waals surface area contributed by atoms with Crippen molar-refractivity contribution in [2.75, 3.05) is 33.1 Å². The Morgan fingerprint density at radius 2 is 2.09 bits per heavy atom. The SMILES string of the molecule is Cc1cc(Cl)ccc1C(=O)N[C@@H]1COC[C@H]1CS(=O)(=O)N(C)C. The van der Waals surface area contributed by atoms with Crippen molar-refractivity contribution in [2.45, 2.75) is 13.0 Å². The first-order valence-corrected chi connectivity index (χ1v) is 9.24.